The van der Waals surface area contributed by atoms with Gasteiger partial charge in [0.15, 0.2) is 0 Å². The molecule has 0 saturated carbocycles. The number of thiophene rings is 1. The summed E-state index contributed by atoms with van der Waals surface area (Å²) < 4.78 is 14.6. The fraction of sp³-hybridized carbons (Fsp3) is 0.316. The van der Waals surface area contributed by atoms with Crippen LogP contribution in [0, 0.1) is 0 Å². The molecule has 8 heteroatoms. The third-order valence-electron chi connectivity index (χ3n) is 4.80. The number of alkyl halides is 1. The van der Waals surface area contributed by atoms with E-state index in [1.165, 1.54) is 22.2 Å². The van der Waals surface area contributed by atoms with Crippen molar-refractivity contribution in [1.82, 2.24) is 14.5 Å². The number of halogens is 2. The maximum absolute atomic E-state index is 13.3. The van der Waals surface area contributed by atoms with Crippen LogP contribution in [0.25, 0.3) is 21.3 Å². The van der Waals surface area contributed by atoms with Gasteiger partial charge in [0, 0.05) is 29.1 Å². The van der Waals surface area contributed by atoms with Crippen molar-refractivity contribution >= 4 is 39.1 Å². The number of hydrogen-bond donors (Lipinski definition) is 0. The maximum atomic E-state index is 13.3. The molecular formula is C19H17ClFN3O2S. The lowest BCUT2D eigenvalue weighted by atomic mass is 10.1. The SMILES string of the molecule is O=C(Cn1cnc2scc(-c3ccc(Cl)cc3)c2c1=O)N1CCC(F)CC1. The van der Waals surface area contributed by atoms with Crippen molar-refractivity contribution in [3.05, 3.63) is 51.3 Å². The molecule has 3 heterocycles. The number of likely N-dealkylation sites (tertiary alicyclic amines) is 1. The molecule has 0 spiro atoms. The summed E-state index contributed by atoms with van der Waals surface area (Å²) in [5.41, 5.74) is 1.41. The van der Waals surface area contributed by atoms with Gasteiger partial charge in [0.05, 0.1) is 11.7 Å². The second-order valence-corrected chi connectivity index (χ2v) is 7.86. The molecule has 4 rings (SSSR count). The van der Waals surface area contributed by atoms with Crippen molar-refractivity contribution in [3.8, 4) is 11.1 Å². The van der Waals surface area contributed by atoms with Gasteiger partial charge in [0.25, 0.3) is 5.56 Å². The zero-order chi connectivity index (χ0) is 19.0. The molecule has 3 aromatic rings. The Morgan fingerprint density at radius 1 is 1.26 bits per heavy atom. The Labute approximate surface area is 164 Å². The number of hydrogen-bond acceptors (Lipinski definition) is 4. The number of carbonyl (C=O) groups is 1. The first-order valence-electron chi connectivity index (χ1n) is 8.67. The van der Waals surface area contributed by atoms with E-state index in [0.29, 0.717) is 41.2 Å². The summed E-state index contributed by atoms with van der Waals surface area (Å²) >= 11 is 7.34. The van der Waals surface area contributed by atoms with Crippen molar-refractivity contribution in [3.63, 3.8) is 0 Å². The van der Waals surface area contributed by atoms with Crippen LogP contribution < -0.4 is 5.56 Å². The van der Waals surface area contributed by atoms with Gasteiger partial charge in [-0.05, 0) is 30.5 Å². The fourth-order valence-electron chi connectivity index (χ4n) is 3.27. The molecule has 140 valence electrons. The lowest BCUT2D eigenvalue weighted by molar-refractivity contribution is -0.133. The van der Waals surface area contributed by atoms with Crippen LogP contribution in [0.15, 0.2) is 40.8 Å². The summed E-state index contributed by atoms with van der Waals surface area (Å²) in [5, 5.41) is 3.01. The van der Waals surface area contributed by atoms with Crippen molar-refractivity contribution < 1.29 is 9.18 Å². The molecule has 0 atom stereocenters. The highest BCUT2D eigenvalue weighted by atomic mass is 35.5. The van der Waals surface area contributed by atoms with Crippen LogP contribution in [0.1, 0.15) is 12.8 Å². The highest BCUT2D eigenvalue weighted by Gasteiger charge is 2.23. The topological polar surface area (TPSA) is 55.2 Å². The minimum atomic E-state index is -0.845. The van der Waals surface area contributed by atoms with E-state index in [1.807, 2.05) is 17.5 Å². The van der Waals surface area contributed by atoms with Crippen LogP contribution in [0.5, 0.6) is 0 Å². The molecule has 2 aromatic heterocycles. The van der Waals surface area contributed by atoms with Crippen LogP contribution in [-0.2, 0) is 11.3 Å². The first kappa shape index (κ1) is 18.1. The largest absolute Gasteiger partial charge is 0.341 e. The summed E-state index contributed by atoms with van der Waals surface area (Å²) in [6.07, 6.45) is 1.27. The first-order chi connectivity index (χ1) is 13.0. The fourth-order valence-corrected chi connectivity index (χ4v) is 4.30. The molecule has 0 N–H and O–H groups in total. The number of amides is 1. The predicted molar refractivity (Wildman–Crippen MR) is 105 cm³/mol. The van der Waals surface area contributed by atoms with E-state index in [1.54, 1.807) is 17.0 Å². The lowest BCUT2D eigenvalue weighted by Gasteiger charge is -2.28. The molecule has 1 saturated heterocycles. The number of benzene rings is 1. The van der Waals surface area contributed by atoms with Gasteiger partial charge in [-0.15, -0.1) is 11.3 Å². The Balaban J connectivity index is 1.65. The third-order valence-corrected chi connectivity index (χ3v) is 5.94. The monoisotopic (exact) mass is 405 g/mol. The number of rotatable bonds is 3. The van der Waals surface area contributed by atoms with E-state index in [4.69, 9.17) is 11.6 Å². The Morgan fingerprint density at radius 2 is 1.96 bits per heavy atom. The molecule has 1 fully saturated rings. The Morgan fingerprint density at radius 3 is 2.67 bits per heavy atom. The molecule has 1 aliphatic rings. The third kappa shape index (κ3) is 3.61. The lowest BCUT2D eigenvalue weighted by Crippen LogP contribution is -2.42. The van der Waals surface area contributed by atoms with E-state index in [0.717, 1.165) is 11.1 Å². The van der Waals surface area contributed by atoms with Crippen molar-refractivity contribution in [1.29, 1.82) is 0 Å². The quantitative estimate of drug-likeness (QED) is 0.667. The Hall–Kier alpha value is -2.25. The van der Waals surface area contributed by atoms with Crippen molar-refractivity contribution in [2.24, 2.45) is 0 Å². The molecule has 27 heavy (non-hydrogen) atoms. The number of aromatic nitrogens is 2. The molecule has 1 aromatic carbocycles. The molecule has 0 bridgehead atoms. The average Bonchev–Trinajstić information content (AvgIpc) is 3.10. The molecule has 0 unspecified atom stereocenters. The van der Waals surface area contributed by atoms with E-state index < -0.39 is 6.17 Å². The van der Waals surface area contributed by atoms with E-state index in [-0.39, 0.29) is 18.0 Å². The van der Waals surface area contributed by atoms with Gasteiger partial charge in [-0.1, -0.05) is 23.7 Å². The summed E-state index contributed by atoms with van der Waals surface area (Å²) in [7, 11) is 0. The first-order valence-corrected chi connectivity index (χ1v) is 9.93. The van der Waals surface area contributed by atoms with Gasteiger partial charge in [0.1, 0.15) is 17.5 Å². The van der Waals surface area contributed by atoms with Gasteiger partial charge in [0.2, 0.25) is 5.91 Å². The Kier molecular flexibility index (Phi) is 4.97. The summed E-state index contributed by atoms with van der Waals surface area (Å²) in [4.78, 5) is 32.1. The smallest absolute Gasteiger partial charge is 0.263 e. The molecule has 0 aliphatic carbocycles. The predicted octanol–water partition coefficient (Wildman–Crippen LogP) is 3.74. The van der Waals surface area contributed by atoms with Gasteiger partial charge in [-0.25, -0.2) is 9.37 Å². The molecule has 0 radical (unpaired) electrons. The molecule has 5 nitrogen and oxygen atoms in total. The van der Waals surface area contributed by atoms with E-state index in [9.17, 15) is 14.0 Å². The zero-order valence-corrected chi connectivity index (χ0v) is 16.0. The minimum absolute atomic E-state index is 0.0887. The number of carbonyl (C=O) groups excluding carboxylic acids is 1. The number of piperidine rings is 1. The number of nitrogens with zero attached hydrogens (tertiary/aromatic N) is 3. The summed E-state index contributed by atoms with van der Waals surface area (Å²) in [6, 6.07) is 7.25. The van der Waals surface area contributed by atoms with E-state index in [2.05, 4.69) is 4.98 Å². The highest BCUT2D eigenvalue weighted by Crippen LogP contribution is 2.31. The van der Waals surface area contributed by atoms with E-state index >= 15 is 0 Å². The van der Waals surface area contributed by atoms with Gasteiger partial charge in [-0.2, -0.15) is 0 Å². The Bertz CT molecular complexity index is 1040. The standard InChI is InChI=1S/C19H17ClFN3O2S/c20-13-3-1-12(2-4-13)15-10-27-18-17(15)19(26)24(11-22-18)9-16(25)23-7-5-14(21)6-8-23/h1-4,10-11,14H,5-9H2. The molecular weight excluding hydrogens is 389 g/mol. The normalized spacial score (nSPS) is 15.4. The van der Waals surface area contributed by atoms with Crippen molar-refractivity contribution in [2.45, 2.75) is 25.6 Å². The highest BCUT2D eigenvalue weighted by molar-refractivity contribution is 7.17. The maximum Gasteiger partial charge on any atom is 0.263 e. The van der Waals surface area contributed by atoms with Crippen LogP contribution in [0.2, 0.25) is 5.02 Å². The van der Waals surface area contributed by atoms with Crippen molar-refractivity contribution in [2.75, 3.05) is 13.1 Å². The van der Waals surface area contributed by atoms with Crippen LogP contribution in [0.4, 0.5) is 4.39 Å². The second kappa shape index (κ2) is 7.40. The number of fused-ring (bicyclic) bond motifs is 1. The average molecular weight is 406 g/mol. The summed E-state index contributed by atoms with van der Waals surface area (Å²) in [6.45, 7) is 0.687. The zero-order valence-electron chi connectivity index (χ0n) is 14.4. The second-order valence-electron chi connectivity index (χ2n) is 6.57. The van der Waals surface area contributed by atoms with Crippen LogP contribution >= 0.6 is 22.9 Å². The molecule has 1 amide bonds. The van der Waals surface area contributed by atoms with Gasteiger partial charge >= 0.3 is 0 Å². The molecule has 1 aliphatic heterocycles. The van der Waals surface area contributed by atoms with Gasteiger partial charge < -0.3 is 4.90 Å². The van der Waals surface area contributed by atoms with Crippen LogP contribution in [-0.4, -0.2) is 39.6 Å². The van der Waals surface area contributed by atoms with Crippen LogP contribution in [0.3, 0.4) is 0 Å². The van der Waals surface area contributed by atoms with Gasteiger partial charge in [-0.3, -0.25) is 14.2 Å². The summed E-state index contributed by atoms with van der Waals surface area (Å²) in [5.74, 6) is -0.187. The minimum Gasteiger partial charge on any atom is -0.341 e.